The van der Waals surface area contributed by atoms with Gasteiger partial charge in [-0.1, -0.05) is 77.1 Å². The molecule has 4 rings (SSSR count). The molecule has 1 N–H and O–H groups in total. The Hall–Kier alpha value is -3.58. The zero-order valence-electron chi connectivity index (χ0n) is 29.5. The van der Waals surface area contributed by atoms with Gasteiger partial charge in [-0.05, 0) is 42.2 Å². The second-order valence-corrected chi connectivity index (χ2v) is 13.5. The van der Waals surface area contributed by atoms with Gasteiger partial charge in [0.05, 0.1) is 20.8 Å². The molecule has 10 atom stereocenters. The average Bonchev–Trinajstić information content (AvgIpc) is 3.28. The number of hydrogen-bond donors (Lipinski definition) is 1. The van der Waals surface area contributed by atoms with Crippen molar-refractivity contribution >= 4 is 23.9 Å². The quantitative estimate of drug-likeness (QED) is 0.116. The molecule has 3 heterocycles. The Kier molecular flexibility index (Phi) is 12.1. The summed E-state index contributed by atoms with van der Waals surface area (Å²) in [4.78, 5) is 52.7. The second kappa shape index (κ2) is 15.5. The first-order chi connectivity index (χ1) is 23.2. The van der Waals surface area contributed by atoms with Crippen LogP contribution < -0.4 is 0 Å². The van der Waals surface area contributed by atoms with Crippen LogP contribution in [0.4, 0.5) is 0 Å². The average molecular weight is 687 g/mol. The number of aliphatic hydroxyl groups is 1. The third kappa shape index (κ3) is 7.19. The molecule has 0 aromatic heterocycles. The summed E-state index contributed by atoms with van der Waals surface area (Å²) in [6, 6.07) is 9.72. The Balaban J connectivity index is 1.66. The van der Waals surface area contributed by atoms with E-state index in [-0.39, 0.29) is 31.3 Å². The van der Waals surface area contributed by atoms with Crippen molar-refractivity contribution in [2.45, 2.75) is 108 Å². The molecule has 0 saturated carbocycles. The summed E-state index contributed by atoms with van der Waals surface area (Å²) >= 11 is 0. The lowest BCUT2D eigenvalue weighted by molar-refractivity contribution is -0.430. The van der Waals surface area contributed by atoms with Gasteiger partial charge in [0.25, 0.3) is 0 Å². The summed E-state index contributed by atoms with van der Waals surface area (Å²) in [5.41, 5.74) is -3.18. The fourth-order valence-electron chi connectivity index (χ4n) is 7.24. The number of benzene rings is 1. The molecule has 12 nitrogen and oxygen atoms in total. The van der Waals surface area contributed by atoms with Crippen LogP contribution in [0.25, 0.3) is 0 Å². The van der Waals surface area contributed by atoms with Crippen molar-refractivity contribution in [3.8, 4) is 0 Å². The number of rotatable bonds is 16. The first-order valence-corrected chi connectivity index (χ1v) is 16.9. The van der Waals surface area contributed by atoms with E-state index in [1.807, 2.05) is 44.2 Å². The van der Waals surface area contributed by atoms with E-state index >= 15 is 0 Å². The largest absolute Gasteiger partial charge is 0.467 e. The minimum Gasteiger partial charge on any atom is -0.467 e. The lowest BCUT2D eigenvalue weighted by Gasteiger charge is -2.58. The Morgan fingerprint density at radius 3 is 2.29 bits per heavy atom. The van der Waals surface area contributed by atoms with Gasteiger partial charge < -0.3 is 38.3 Å². The van der Waals surface area contributed by atoms with Crippen LogP contribution in [-0.4, -0.2) is 91.2 Å². The molecule has 2 bridgehead atoms. The molecule has 3 fully saturated rings. The van der Waals surface area contributed by atoms with Gasteiger partial charge in [0.1, 0.15) is 18.3 Å². The molecular formula is C37H50O12. The molecule has 0 spiro atoms. The standard InChI is InChI=1S/C37H50O12/c1-9-22(2)19-23(3)15-16-29(39)47-32-31(40)35(48-28-21-45-36(28,33(41)43-7)37(32,49-35)34(42)44-8)18-17-24(4)30(46-26(6)38)25(5)20-27-13-11-10-12-14-27/h10-16,22-23,25,28,30-32,40H,4,9,17-21H2,1-3,5-8H3/b16-15+/t22-,23+,25+,28+,30+,31+,32+,35+,36+,37+/m0/s1. The zero-order valence-corrected chi connectivity index (χ0v) is 29.5. The third-order valence-corrected chi connectivity index (χ3v) is 9.94. The minimum absolute atomic E-state index is 0.0388. The number of allylic oxidation sites excluding steroid dienone is 1. The van der Waals surface area contributed by atoms with Crippen LogP contribution in [0, 0.1) is 17.8 Å². The van der Waals surface area contributed by atoms with E-state index < -0.39 is 65.3 Å². The van der Waals surface area contributed by atoms with Gasteiger partial charge in [-0.2, -0.15) is 0 Å². The van der Waals surface area contributed by atoms with Crippen molar-refractivity contribution in [1.29, 1.82) is 0 Å². The predicted octanol–water partition coefficient (Wildman–Crippen LogP) is 4.01. The SMILES string of the molecule is C=C(CC[C@@]12O[C@@H]3CO[C@]3(C(=O)OC)[C@@](C(=O)OC)(O1)[C@H](OC(=O)/C=C/[C@@H](C)C[C@@H](C)CC)[C@H]2O)[C@@H](OC(C)=O)[C@H](C)Cc1ccccc1. The van der Waals surface area contributed by atoms with Crippen LogP contribution in [0.15, 0.2) is 54.6 Å². The maximum atomic E-state index is 13.8. The highest BCUT2D eigenvalue weighted by Crippen LogP contribution is 2.60. The van der Waals surface area contributed by atoms with E-state index in [1.165, 1.54) is 13.0 Å². The van der Waals surface area contributed by atoms with Crippen LogP contribution in [0.3, 0.4) is 0 Å². The van der Waals surface area contributed by atoms with Crippen molar-refractivity contribution in [1.82, 2.24) is 0 Å². The van der Waals surface area contributed by atoms with Crippen molar-refractivity contribution in [3.05, 3.63) is 60.2 Å². The van der Waals surface area contributed by atoms with E-state index in [0.29, 0.717) is 17.9 Å². The molecule has 0 unspecified atom stereocenters. The number of ether oxygens (including phenoxy) is 7. The van der Waals surface area contributed by atoms with Crippen molar-refractivity contribution in [3.63, 3.8) is 0 Å². The first-order valence-electron chi connectivity index (χ1n) is 16.9. The van der Waals surface area contributed by atoms with E-state index in [4.69, 9.17) is 33.2 Å². The summed E-state index contributed by atoms with van der Waals surface area (Å²) in [6.07, 6.45) is -0.143. The number of esters is 4. The van der Waals surface area contributed by atoms with Crippen LogP contribution in [-0.2, 0) is 58.8 Å². The smallest absolute Gasteiger partial charge is 0.346 e. The summed E-state index contributed by atoms with van der Waals surface area (Å²) in [7, 11) is 2.18. The normalized spacial score (nSPS) is 31.0. The Morgan fingerprint density at radius 1 is 1.06 bits per heavy atom. The van der Waals surface area contributed by atoms with Crippen LogP contribution >= 0.6 is 0 Å². The van der Waals surface area contributed by atoms with Gasteiger partial charge in [0, 0.05) is 25.3 Å². The highest BCUT2D eigenvalue weighted by molar-refractivity contribution is 5.96. The van der Waals surface area contributed by atoms with E-state index in [9.17, 15) is 24.3 Å². The van der Waals surface area contributed by atoms with Crippen molar-refractivity contribution < 1.29 is 57.4 Å². The molecule has 3 aliphatic heterocycles. The highest BCUT2D eigenvalue weighted by Gasteiger charge is 2.88. The monoisotopic (exact) mass is 686 g/mol. The maximum Gasteiger partial charge on any atom is 0.346 e. The number of aliphatic hydroxyl groups excluding tert-OH is 1. The van der Waals surface area contributed by atoms with Crippen LogP contribution in [0.1, 0.15) is 65.9 Å². The van der Waals surface area contributed by atoms with Crippen LogP contribution in [0.2, 0.25) is 0 Å². The molecule has 3 aliphatic rings. The van der Waals surface area contributed by atoms with Gasteiger partial charge in [-0.3, -0.25) is 4.79 Å². The molecule has 0 amide bonds. The van der Waals surface area contributed by atoms with Gasteiger partial charge in [0.2, 0.25) is 17.0 Å². The van der Waals surface area contributed by atoms with E-state index in [2.05, 4.69) is 20.4 Å². The third-order valence-electron chi connectivity index (χ3n) is 9.94. The Bertz CT molecular complexity index is 1410. The first kappa shape index (κ1) is 38.2. The summed E-state index contributed by atoms with van der Waals surface area (Å²) in [5, 5.41) is 11.9. The number of fused-ring (bicyclic) bond motifs is 4. The summed E-state index contributed by atoms with van der Waals surface area (Å²) in [5.74, 6) is -5.20. The van der Waals surface area contributed by atoms with Crippen molar-refractivity contribution in [2.75, 3.05) is 20.8 Å². The van der Waals surface area contributed by atoms with Gasteiger partial charge in [-0.15, -0.1) is 0 Å². The Morgan fingerprint density at radius 2 is 1.71 bits per heavy atom. The topological polar surface area (TPSA) is 153 Å². The number of carbonyl (C=O) groups is 4. The maximum absolute atomic E-state index is 13.8. The van der Waals surface area contributed by atoms with E-state index in [1.54, 1.807) is 6.08 Å². The Labute approximate surface area is 288 Å². The molecule has 270 valence electrons. The molecule has 1 aromatic carbocycles. The molecule has 49 heavy (non-hydrogen) atoms. The van der Waals surface area contributed by atoms with Crippen molar-refractivity contribution in [2.24, 2.45) is 17.8 Å². The fraction of sp³-hybridized carbons (Fsp3) is 0.622. The minimum atomic E-state index is -2.49. The highest BCUT2D eigenvalue weighted by atomic mass is 16.8. The van der Waals surface area contributed by atoms with Gasteiger partial charge >= 0.3 is 23.9 Å². The summed E-state index contributed by atoms with van der Waals surface area (Å²) in [6.45, 7) is 13.5. The lowest BCUT2D eigenvalue weighted by atomic mass is 9.71. The zero-order chi connectivity index (χ0) is 36.1. The fourth-order valence-corrected chi connectivity index (χ4v) is 7.24. The van der Waals surface area contributed by atoms with E-state index in [0.717, 1.165) is 32.6 Å². The molecule has 1 aromatic rings. The molecular weight excluding hydrogens is 636 g/mol. The molecule has 0 aliphatic carbocycles. The van der Waals surface area contributed by atoms with Crippen LogP contribution in [0.5, 0.6) is 0 Å². The van der Waals surface area contributed by atoms with Gasteiger partial charge in [-0.25, -0.2) is 14.4 Å². The number of methoxy groups -OCH3 is 2. The second-order valence-electron chi connectivity index (χ2n) is 13.5. The molecule has 0 radical (unpaired) electrons. The number of carbonyl (C=O) groups excluding carboxylic acids is 4. The lowest BCUT2D eigenvalue weighted by Crippen LogP contribution is -2.83. The molecule has 12 heteroatoms. The summed E-state index contributed by atoms with van der Waals surface area (Å²) < 4.78 is 40.1. The predicted molar refractivity (Wildman–Crippen MR) is 176 cm³/mol. The number of hydrogen-bond acceptors (Lipinski definition) is 12. The molecule has 3 saturated heterocycles. The van der Waals surface area contributed by atoms with Gasteiger partial charge in [0.15, 0.2) is 6.10 Å².